The minimum absolute atomic E-state index is 0.768. The zero-order valence-corrected chi connectivity index (χ0v) is 10.7. The van der Waals surface area contributed by atoms with Crippen LogP contribution >= 0.6 is 0 Å². The van der Waals surface area contributed by atoms with Gasteiger partial charge in [-0.1, -0.05) is 20.3 Å². The largest absolute Gasteiger partial charge is 0.310 e. The molecule has 1 aliphatic rings. The summed E-state index contributed by atoms with van der Waals surface area (Å²) in [5.41, 5.74) is 2.61. The summed E-state index contributed by atoms with van der Waals surface area (Å²) in [4.78, 5) is 0. The van der Waals surface area contributed by atoms with Gasteiger partial charge in [0.15, 0.2) is 0 Å². The Balaban J connectivity index is 1.81. The molecule has 90 valence electrons. The highest BCUT2D eigenvalue weighted by atomic mass is 15.3. The molecule has 0 amide bonds. The number of aromatic nitrogens is 2. The summed E-state index contributed by atoms with van der Waals surface area (Å²) in [6, 6.07) is 0.768. The predicted octanol–water partition coefficient (Wildman–Crippen LogP) is 2.26. The molecule has 1 N–H and O–H groups in total. The highest BCUT2D eigenvalue weighted by Crippen LogP contribution is 2.34. The molecule has 0 bridgehead atoms. The van der Waals surface area contributed by atoms with Crippen LogP contribution < -0.4 is 5.32 Å². The zero-order valence-electron chi connectivity index (χ0n) is 10.7. The molecule has 1 aromatic rings. The minimum atomic E-state index is 0.768. The van der Waals surface area contributed by atoms with Crippen LogP contribution in [-0.2, 0) is 20.0 Å². The molecule has 2 rings (SSSR count). The first kappa shape index (κ1) is 11.6. The van der Waals surface area contributed by atoms with Gasteiger partial charge in [-0.2, -0.15) is 5.10 Å². The van der Waals surface area contributed by atoms with Crippen molar-refractivity contribution >= 4 is 0 Å². The van der Waals surface area contributed by atoms with Gasteiger partial charge in [-0.3, -0.25) is 4.68 Å². The fourth-order valence-corrected chi connectivity index (χ4v) is 2.46. The van der Waals surface area contributed by atoms with Crippen molar-refractivity contribution in [2.24, 2.45) is 13.0 Å². The average Bonchev–Trinajstić information content (AvgIpc) is 2.90. The second-order valence-corrected chi connectivity index (χ2v) is 4.90. The van der Waals surface area contributed by atoms with Crippen molar-refractivity contribution in [1.29, 1.82) is 0 Å². The van der Waals surface area contributed by atoms with Gasteiger partial charge in [0.2, 0.25) is 0 Å². The lowest BCUT2D eigenvalue weighted by molar-refractivity contribution is 0.597. The van der Waals surface area contributed by atoms with Crippen LogP contribution in [0.2, 0.25) is 0 Å². The first-order chi connectivity index (χ1) is 7.74. The summed E-state index contributed by atoms with van der Waals surface area (Å²) in [7, 11) is 2.00. The van der Waals surface area contributed by atoms with Gasteiger partial charge in [0.25, 0.3) is 0 Å². The van der Waals surface area contributed by atoms with Crippen molar-refractivity contribution in [3.05, 3.63) is 17.5 Å². The Morgan fingerprint density at radius 3 is 3.00 bits per heavy atom. The van der Waals surface area contributed by atoms with E-state index < -0.39 is 0 Å². The van der Waals surface area contributed by atoms with Gasteiger partial charge in [-0.05, 0) is 25.2 Å². The van der Waals surface area contributed by atoms with Crippen LogP contribution in [0.5, 0.6) is 0 Å². The van der Waals surface area contributed by atoms with Gasteiger partial charge in [-0.15, -0.1) is 0 Å². The highest BCUT2D eigenvalue weighted by Gasteiger charge is 2.35. The molecule has 0 aliphatic heterocycles. The molecular formula is C13H23N3. The first-order valence-corrected chi connectivity index (χ1v) is 6.49. The van der Waals surface area contributed by atoms with Crippen LogP contribution in [-0.4, -0.2) is 15.8 Å². The van der Waals surface area contributed by atoms with Gasteiger partial charge in [0.05, 0.1) is 5.69 Å². The van der Waals surface area contributed by atoms with Crippen LogP contribution in [0.3, 0.4) is 0 Å². The third-order valence-corrected chi connectivity index (χ3v) is 3.46. The van der Waals surface area contributed by atoms with E-state index in [4.69, 9.17) is 0 Å². The van der Waals surface area contributed by atoms with E-state index in [0.29, 0.717) is 0 Å². The fraction of sp³-hybridized carbons (Fsp3) is 0.769. The van der Waals surface area contributed by atoms with Crippen molar-refractivity contribution in [3.8, 4) is 0 Å². The summed E-state index contributed by atoms with van der Waals surface area (Å²) in [6.07, 6.45) is 7.24. The molecule has 16 heavy (non-hydrogen) atoms. The van der Waals surface area contributed by atoms with Crippen molar-refractivity contribution in [1.82, 2.24) is 15.1 Å². The SMILES string of the molecule is CCCC1CC1NCc1cn(C)nc1CC. The van der Waals surface area contributed by atoms with Crippen molar-refractivity contribution in [3.63, 3.8) is 0 Å². The van der Waals surface area contributed by atoms with Gasteiger partial charge in [0.1, 0.15) is 0 Å². The van der Waals surface area contributed by atoms with Crippen LogP contribution in [0.1, 0.15) is 44.4 Å². The molecule has 1 aromatic heterocycles. The number of nitrogens with zero attached hydrogens (tertiary/aromatic N) is 2. The Labute approximate surface area is 98.2 Å². The van der Waals surface area contributed by atoms with E-state index >= 15 is 0 Å². The number of hydrogen-bond acceptors (Lipinski definition) is 2. The monoisotopic (exact) mass is 221 g/mol. The highest BCUT2D eigenvalue weighted by molar-refractivity contribution is 5.17. The fourth-order valence-electron chi connectivity index (χ4n) is 2.46. The standard InChI is InChI=1S/C13H23N3/c1-4-6-10-7-13(10)14-8-11-9-16(3)15-12(11)5-2/h9-10,13-14H,4-8H2,1-3H3. The third-order valence-electron chi connectivity index (χ3n) is 3.46. The van der Waals surface area contributed by atoms with E-state index in [1.54, 1.807) is 0 Å². The molecule has 0 aromatic carbocycles. The van der Waals surface area contributed by atoms with Gasteiger partial charge in [-0.25, -0.2) is 0 Å². The van der Waals surface area contributed by atoms with E-state index in [9.17, 15) is 0 Å². The number of aryl methyl sites for hydroxylation is 2. The molecule has 2 unspecified atom stereocenters. The Hall–Kier alpha value is -0.830. The summed E-state index contributed by atoms with van der Waals surface area (Å²) < 4.78 is 1.92. The lowest BCUT2D eigenvalue weighted by Gasteiger charge is -2.03. The van der Waals surface area contributed by atoms with Crippen molar-refractivity contribution in [2.75, 3.05) is 0 Å². The molecule has 3 nitrogen and oxygen atoms in total. The Kier molecular flexibility index (Phi) is 3.64. The summed E-state index contributed by atoms with van der Waals surface area (Å²) in [5.74, 6) is 0.937. The maximum absolute atomic E-state index is 4.46. The normalized spacial score (nSPS) is 23.7. The smallest absolute Gasteiger partial charge is 0.0666 e. The van der Waals surface area contributed by atoms with E-state index in [2.05, 4.69) is 30.5 Å². The van der Waals surface area contributed by atoms with Gasteiger partial charge >= 0.3 is 0 Å². The van der Waals surface area contributed by atoms with Gasteiger partial charge in [0, 0.05) is 31.4 Å². The van der Waals surface area contributed by atoms with Crippen LogP contribution in [0.4, 0.5) is 0 Å². The van der Waals surface area contributed by atoms with E-state index in [0.717, 1.165) is 24.9 Å². The molecule has 0 saturated heterocycles. The molecule has 1 aliphatic carbocycles. The molecule has 0 spiro atoms. The van der Waals surface area contributed by atoms with Crippen LogP contribution in [0, 0.1) is 5.92 Å². The second-order valence-electron chi connectivity index (χ2n) is 4.90. The molecular weight excluding hydrogens is 198 g/mol. The topological polar surface area (TPSA) is 29.9 Å². The summed E-state index contributed by atoms with van der Waals surface area (Å²) in [5, 5.41) is 8.10. The molecule has 1 heterocycles. The first-order valence-electron chi connectivity index (χ1n) is 6.49. The second kappa shape index (κ2) is 5.00. The zero-order chi connectivity index (χ0) is 11.5. The number of rotatable bonds is 6. The third kappa shape index (κ3) is 2.64. The van der Waals surface area contributed by atoms with Crippen LogP contribution in [0.15, 0.2) is 6.20 Å². The lowest BCUT2D eigenvalue weighted by atomic mass is 10.2. The van der Waals surface area contributed by atoms with Crippen molar-refractivity contribution in [2.45, 2.75) is 52.1 Å². The number of nitrogens with one attached hydrogen (secondary N) is 1. The summed E-state index contributed by atoms with van der Waals surface area (Å²) >= 11 is 0. The van der Waals surface area contributed by atoms with E-state index in [1.807, 2.05) is 11.7 Å². The van der Waals surface area contributed by atoms with Crippen LogP contribution in [0.25, 0.3) is 0 Å². The molecule has 1 fully saturated rings. The quantitative estimate of drug-likeness (QED) is 0.798. The lowest BCUT2D eigenvalue weighted by Crippen LogP contribution is -2.18. The predicted molar refractivity (Wildman–Crippen MR) is 66.2 cm³/mol. The molecule has 3 heteroatoms. The van der Waals surface area contributed by atoms with Gasteiger partial charge < -0.3 is 5.32 Å². The maximum Gasteiger partial charge on any atom is 0.0666 e. The Morgan fingerprint density at radius 2 is 2.31 bits per heavy atom. The van der Waals surface area contributed by atoms with E-state index in [1.165, 1.54) is 30.5 Å². The van der Waals surface area contributed by atoms with Crippen molar-refractivity contribution < 1.29 is 0 Å². The molecule has 0 radical (unpaired) electrons. The average molecular weight is 221 g/mol. The molecule has 2 atom stereocenters. The summed E-state index contributed by atoms with van der Waals surface area (Å²) in [6.45, 7) is 5.43. The Morgan fingerprint density at radius 1 is 1.50 bits per heavy atom. The Bertz CT molecular complexity index is 343. The number of hydrogen-bond donors (Lipinski definition) is 1. The minimum Gasteiger partial charge on any atom is -0.310 e. The molecule has 1 saturated carbocycles. The van der Waals surface area contributed by atoms with E-state index in [-0.39, 0.29) is 0 Å². The maximum atomic E-state index is 4.46.